The van der Waals surface area contributed by atoms with Crippen LogP contribution >= 0.6 is 0 Å². The summed E-state index contributed by atoms with van der Waals surface area (Å²) in [5.41, 5.74) is -0.438. The predicted molar refractivity (Wildman–Crippen MR) is 143 cm³/mol. The van der Waals surface area contributed by atoms with Crippen LogP contribution in [0.25, 0.3) is 0 Å². The first-order valence-corrected chi connectivity index (χ1v) is 14.6. The number of fused-ring (bicyclic) bond motifs is 7. The number of rotatable bonds is 2. The van der Waals surface area contributed by atoms with Crippen LogP contribution in [0.4, 0.5) is 0 Å². The average Bonchev–Trinajstić information content (AvgIpc) is 2.86. The predicted octanol–water partition coefficient (Wildman–Crippen LogP) is 5.72. The molecule has 0 aromatic rings. The van der Waals surface area contributed by atoms with Crippen molar-refractivity contribution in [2.24, 2.45) is 56.7 Å². The zero-order chi connectivity index (χ0) is 28.1. The quantitative estimate of drug-likeness (QED) is 0.338. The molecule has 0 aromatic heterocycles. The van der Waals surface area contributed by atoms with Gasteiger partial charge in [-0.25, -0.2) is 0 Å². The molecule has 0 N–H and O–H groups in total. The van der Waals surface area contributed by atoms with Gasteiger partial charge in [0, 0.05) is 11.8 Å². The van der Waals surface area contributed by atoms with Crippen LogP contribution in [0.2, 0.25) is 0 Å². The Labute approximate surface area is 227 Å². The van der Waals surface area contributed by atoms with E-state index < -0.39 is 22.7 Å². The molecule has 3 unspecified atom stereocenters. The second-order valence-corrected chi connectivity index (χ2v) is 14.8. The van der Waals surface area contributed by atoms with Gasteiger partial charge in [-0.2, -0.15) is 0 Å². The van der Waals surface area contributed by atoms with E-state index in [-0.39, 0.29) is 57.5 Å². The molecule has 9 atom stereocenters. The SMILES string of the molecule is COC(=O)C1C[C@]2(C)C3=CC(=O)C4C5CC(C)(C)CC[C@]5(C(=O)OC)CC[C@@]4(C)[C@]3(C)CC[C@H]2[C@H](C)C1=O. The maximum absolute atomic E-state index is 14.4. The third kappa shape index (κ3) is 3.36. The van der Waals surface area contributed by atoms with Gasteiger partial charge >= 0.3 is 11.9 Å². The van der Waals surface area contributed by atoms with Gasteiger partial charge in [0.15, 0.2) is 5.78 Å². The van der Waals surface area contributed by atoms with Crippen molar-refractivity contribution in [2.75, 3.05) is 14.2 Å². The van der Waals surface area contributed by atoms with Gasteiger partial charge in [0.2, 0.25) is 0 Å². The van der Waals surface area contributed by atoms with Gasteiger partial charge in [-0.1, -0.05) is 47.1 Å². The van der Waals surface area contributed by atoms with E-state index in [1.54, 1.807) is 0 Å². The minimum absolute atomic E-state index is 0.0280. The first kappa shape index (κ1) is 27.6. The molecule has 0 heterocycles. The van der Waals surface area contributed by atoms with E-state index in [4.69, 9.17) is 9.47 Å². The van der Waals surface area contributed by atoms with Crippen molar-refractivity contribution < 1.29 is 28.7 Å². The summed E-state index contributed by atoms with van der Waals surface area (Å²) in [6.45, 7) is 13.3. The number of hydrogen-bond acceptors (Lipinski definition) is 6. The van der Waals surface area contributed by atoms with E-state index in [0.717, 1.165) is 50.5 Å². The van der Waals surface area contributed by atoms with Crippen LogP contribution in [0.3, 0.4) is 0 Å². The smallest absolute Gasteiger partial charge is 0.316 e. The summed E-state index contributed by atoms with van der Waals surface area (Å²) in [4.78, 5) is 53.7. The van der Waals surface area contributed by atoms with Crippen molar-refractivity contribution in [2.45, 2.75) is 92.9 Å². The third-order valence-electron chi connectivity index (χ3n) is 12.8. The summed E-state index contributed by atoms with van der Waals surface area (Å²) in [6, 6.07) is 0. The van der Waals surface area contributed by atoms with E-state index in [9.17, 15) is 19.2 Å². The molecule has 0 aliphatic heterocycles. The van der Waals surface area contributed by atoms with E-state index in [1.165, 1.54) is 14.2 Å². The van der Waals surface area contributed by atoms with Crippen molar-refractivity contribution in [1.82, 2.24) is 0 Å². The number of carbonyl (C=O) groups is 4. The molecule has 0 amide bonds. The first-order valence-electron chi connectivity index (χ1n) is 14.6. The summed E-state index contributed by atoms with van der Waals surface area (Å²) in [7, 11) is 2.82. The zero-order valence-electron chi connectivity index (χ0n) is 24.6. The fraction of sp³-hybridized carbons (Fsp3) is 0.812. The van der Waals surface area contributed by atoms with Crippen LogP contribution in [0.5, 0.6) is 0 Å². The molecule has 4 fully saturated rings. The minimum atomic E-state index is -0.794. The standard InChI is InChI=1S/C32H46O6/c1-18-20-9-10-30(5)23(29(20,4)16-19(25(18)34)26(35)37-7)15-22(33)24-21-17-28(2,3)11-13-32(21,27(36)38-8)14-12-31(24,30)6/h15,18-21,24H,9-14,16-17H2,1-8H3/t18-,19?,20-,21?,24?,29-,30+,31+,32-/m0/s1. The Morgan fingerprint density at radius 2 is 1.53 bits per heavy atom. The average molecular weight is 527 g/mol. The zero-order valence-corrected chi connectivity index (χ0v) is 24.6. The molecule has 6 heteroatoms. The Morgan fingerprint density at radius 3 is 2.16 bits per heavy atom. The fourth-order valence-electron chi connectivity index (χ4n) is 10.5. The highest BCUT2D eigenvalue weighted by molar-refractivity contribution is 6.01. The lowest BCUT2D eigenvalue weighted by molar-refractivity contribution is -0.192. The van der Waals surface area contributed by atoms with Crippen molar-refractivity contribution in [3.63, 3.8) is 0 Å². The highest BCUT2D eigenvalue weighted by atomic mass is 16.5. The van der Waals surface area contributed by atoms with Crippen molar-refractivity contribution >= 4 is 23.5 Å². The molecular weight excluding hydrogens is 480 g/mol. The van der Waals surface area contributed by atoms with Crippen LogP contribution < -0.4 is 0 Å². The van der Waals surface area contributed by atoms with Crippen LogP contribution in [-0.2, 0) is 28.7 Å². The van der Waals surface area contributed by atoms with Gasteiger partial charge < -0.3 is 9.47 Å². The molecule has 4 saturated carbocycles. The Hall–Kier alpha value is -1.98. The molecule has 0 spiro atoms. The van der Waals surface area contributed by atoms with E-state index in [1.807, 2.05) is 13.0 Å². The number of esters is 2. The summed E-state index contributed by atoms with van der Waals surface area (Å²) in [5.74, 6) is -1.79. The lowest BCUT2D eigenvalue weighted by Gasteiger charge is -2.68. The Bertz CT molecular complexity index is 1120. The molecule has 0 aromatic carbocycles. The number of methoxy groups -OCH3 is 2. The molecule has 5 aliphatic carbocycles. The number of Topliss-reactive ketones (excluding diaryl/α,β-unsaturated/α-hetero) is 1. The van der Waals surface area contributed by atoms with Gasteiger partial charge in [-0.15, -0.1) is 0 Å². The number of allylic oxidation sites excluding steroid dienone is 2. The van der Waals surface area contributed by atoms with Crippen molar-refractivity contribution in [1.29, 1.82) is 0 Å². The summed E-state index contributed by atoms with van der Waals surface area (Å²) >= 11 is 0. The molecule has 0 radical (unpaired) electrons. The second-order valence-electron chi connectivity index (χ2n) is 14.8. The third-order valence-corrected chi connectivity index (χ3v) is 12.8. The first-order chi connectivity index (χ1) is 17.6. The molecular formula is C32H46O6. The van der Waals surface area contributed by atoms with Crippen molar-refractivity contribution in [3.05, 3.63) is 11.6 Å². The number of ether oxygens (including phenoxy) is 2. The molecule has 5 aliphatic rings. The maximum atomic E-state index is 14.4. The summed E-state index contributed by atoms with van der Waals surface area (Å²) < 4.78 is 10.5. The molecule has 0 saturated heterocycles. The summed E-state index contributed by atoms with van der Waals surface area (Å²) in [6.07, 6.45) is 8.18. The second kappa shape index (κ2) is 8.51. The Balaban J connectivity index is 1.64. The molecule has 38 heavy (non-hydrogen) atoms. The van der Waals surface area contributed by atoms with Gasteiger partial charge in [0.05, 0.1) is 19.6 Å². The lowest BCUT2D eigenvalue weighted by Crippen LogP contribution is -2.66. The van der Waals surface area contributed by atoms with Crippen LogP contribution in [0.15, 0.2) is 11.6 Å². The molecule has 0 bridgehead atoms. The molecule has 5 rings (SSSR count). The molecule has 6 nitrogen and oxygen atoms in total. The van der Waals surface area contributed by atoms with Gasteiger partial charge in [0.1, 0.15) is 11.7 Å². The summed E-state index contributed by atoms with van der Waals surface area (Å²) in [5, 5.41) is 0. The van der Waals surface area contributed by atoms with Gasteiger partial charge in [-0.05, 0) is 90.9 Å². The maximum Gasteiger partial charge on any atom is 0.316 e. The highest BCUT2D eigenvalue weighted by Crippen LogP contribution is 2.74. The van der Waals surface area contributed by atoms with E-state index in [0.29, 0.717) is 6.42 Å². The lowest BCUT2D eigenvalue weighted by atomic mass is 9.34. The molecule has 210 valence electrons. The monoisotopic (exact) mass is 526 g/mol. The topological polar surface area (TPSA) is 86.7 Å². The highest BCUT2D eigenvalue weighted by Gasteiger charge is 2.71. The Morgan fingerprint density at radius 1 is 0.868 bits per heavy atom. The minimum Gasteiger partial charge on any atom is -0.469 e. The van der Waals surface area contributed by atoms with E-state index in [2.05, 4.69) is 34.6 Å². The van der Waals surface area contributed by atoms with Crippen LogP contribution in [-0.4, -0.2) is 37.7 Å². The van der Waals surface area contributed by atoms with Crippen LogP contribution in [0, 0.1) is 56.7 Å². The van der Waals surface area contributed by atoms with E-state index >= 15 is 0 Å². The Kier molecular flexibility index (Phi) is 6.18. The normalized spacial score (nSPS) is 47.5. The largest absolute Gasteiger partial charge is 0.469 e. The van der Waals surface area contributed by atoms with Crippen LogP contribution in [0.1, 0.15) is 92.9 Å². The van der Waals surface area contributed by atoms with Gasteiger partial charge in [-0.3, -0.25) is 19.2 Å². The van der Waals surface area contributed by atoms with Crippen molar-refractivity contribution in [3.8, 4) is 0 Å². The fourth-order valence-corrected chi connectivity index (χ4v) is 10.5. The number of carbonyl (C=O) groups excluding carboxylic acids is 4. The van der Waals surface area contributed by atoms with Gasteiger partial charge in [0.25, 0.3) is 0 Å². The number of ketones is 2. The number of hydrogen-bond donors (Lipinski definition) is 0.